The third kappa shape index (κ3) is 3.52. The molecule has 27 heavy (non-hydrogen) atoms. The minimum Gasteiger partial charge on any atom is -0.367 e. The van der Waals surface area contributed by atoms with E-state index in [1.54, 1.807) is 21.0 Å². The van der Waals surface area contributed by atoms with Crippen LogP contribution in [0.1, 0.15) is 24.1 Å². The van der Waals surface area contributed by atoms with Gasteiger partial charge in [0.1, 0.15) is 12.1 Å². The van der Waals surface area contributed by atoms with Crippen LogP contribution in [0.5, 0.6) is 0 Å². The van der Waals surface area contributed by atoms with E-state index in [-0.39, 0.29) is 6.04 Å². The minimum absolute atomic E-state index is 0.170. The first-order valence-electron chi connectivity index (χ1n) is 8.94. The number of sulfonamides is 1. The maximum atomic E-state index is 12.8. The predicted molar refractivity (Wildman–Crippen MR) is 102 cm³/mol. The molecule has 0 atom stereocenters. The lowest BCUT2D eigenvalue weighted by atomic mass is 10.1. The summed E-state index contributed by atoms with van der Waals surface area (Å²) in [6, 6.07) is 9.11. The number of nitrogens with zero attached hydrogens (tertiary/aromatic N) is 5. The van der Waals surface area contributed by atoms with Crippen molar-refractivity contribution >= 4 is 21.6 Å². The van der Waals surface area contributed by atoms with E-state index in [0.29, 0.717) is 23.8 Å². The van der Waals surface area contributed by atoms with Crippen LogP contribution in [0.15, 0.2) is 41.6 Å². The average Bonchev–Trinajstić information content (AvgIpc) is 3.11. The number of rotatable bonds is 4. The molecule has 3 heterocycles. The summed E-state index contributed by atoms with van der Waals surface area (Å²) in [5, 5.41) is 7.67. The lowest BCUT2D eigenvalue weighted by Crippen LogP contribution is -2.42. The highest BCUT2D eigenvalue weighted by Gasteiger charge is 2.29. The summed E-state index contributed by atoms with van der Waals surface area (Å²) >= 11 is 0. The van der Waals surface area contributed by atoms with E-state index in [0.717, 1.165) is 29.9 Å². The van der Waals surface area contributed by atoms with Crippen LogP contribution in [0, 0.1) is 13.8 Å². The van der Waals surface area contributed by atoms with Gasteiger partial charge >= 0.3 is 0 Å². The second-order valence-corrected chi connectivity index (χ2v) is 8.83. The summed E-state index contributed by atoms with van der Waals surface area (Å²) in [5.74, 6) is 1.38. The summed E-state index contributed by atoms with van der Waals surface area (Å²) in [6.07, 6.45) is 2.93. The quantitative estimate of drug-likeness (QED) is 0.737. The van der Waals surface area contributed by atoms with E-state index in [4.69, 9.17) is 0 Å². The molecule has 0 spiro atoms. The molecule has 142 valence electrons. The van der Waals surface area contributed by atoms with Crippen LogP contribution >= 0.6 is 0 Å². The van der Waals surface area contributed by atoms with Crippen molar-refractivity contribution in [2.45, 2.75) is 37.6 Å². The summed E-state index contributed by atoms with van der Waals surface area (Å²) < 4.78 is 28.9. The van der Waals surface area contributed by atoms with Crippen molar-refractivity contribution < 1.29 is 8.42 Å². The Labute approximate surface area is 158 Å². The zero-order valence-electron chi connectivity index (χ0n) is 15.3. The number of piperidine rings is 1. The fraction of sp³-hybridized carbons (Fsp3) is 0.389. The highest BCUT2D eigenvalue weighted by atomic mass is 32.2. The van der Waals surface area contributed by atoms with Gasteiger partial charge in [0.05, 0.1) is 4.90 Å². The molecule has 3 aromatic rings. The van der Waals surface area contributed by atoms with Gasteiger partial charge in [-0.3, -0.25) is 0 Å². The Balaban J connectivity index is 1.46. The SMILES string of the molecule is Cc1ccc(S(=O)(=O)N2CCC(Nc3cc(C)nc4ncnn34)CC2)cc1. The van der Waals surface area contributed by atoms with Crippen LogP contribution < -0.4 is 5.32 Å². The number of aryl methyl sites for hydroxylation is 2. The van der Waals surface area contributed by atoms with E-state index in [1.165, 1.54) is 6.33 Å². The molecule has 0 bridgehead atoms. The van der Waals surface area contributed by atoms with Gasteiger partial charge in [-0.25, -0.2) is 13.4 Å². The minimum atomic E-state index is -3.44. The molecule has 0 aliphatic carbocycles. The maximum Gasteiger partial charge on any atom is 0.254 e. The van der Waals surface area contributed by atoms with Gasteiger partial charge in [-0.05, 0) is 38.8 Å². The van der Waals surface area contributed by atoms with Crippen LogP contribution in [-0.4, -0.2) is 51.4 Å². The van der Waals surface area contributed by atoms with E-state index in [2.05, 4.69) is 20.4 Å². The Morgan fingerprint density at radius 3 is 2.52 bits per heavy atom. The molecule has 1 aliphatic rings. The molecule has 4 rings (SSSR count). The highest BCUT2D eigenvalue weighted by molar-refractivity contribution is 7.89. The Hall–Kier alpha value is -2.52. The van der Waals surface area contributed by atoms with Gasteiger partial charge in [0, 0.05) is 30.9 Å². The Morgan fingerprint density at radius 1 is 1.11 bits per heavy atom. The molecule has 8 nitrogen and oxygen atoms in total. The molecule has 1 aliphatic heterocycles. The predicted octanol–water partition coefficient (Wildman–Crippen LogP) is 2.01. The maximum absolute atomic E-state index is 12.8. The Bertz CT molecular complexity index is 1050. The summed E-state index contributed by atoms with van der Waals surface area (Å²) in [7, 11) is -3.44. The number of hydrogen-bond acceptors (Lipinski definition) is 6. The second kappa shape index (κ2) is 6.90. The fourth-order valence-electron chi connectivity index (χ4n) is 3.34. The fourth-order valence-corrected chi connectivity index (χ4v) is 4.81. The molecule has 0 unspecified atom stereocenters. The largest absolute Gasteiger partial charge is 0.367 e. The van der Waals surface area contributed by atoms with E-state index in [9.17, 15) is 8.42 Å². The molecule has 1 fully saturated rings. The first-order chi connectivity index (χ1) is 12.9. The van der Waals surface area contributed by atoms with E-state index in [1.807, 2.05) is 32.0 Å². The first-order valence-corrected chi connectivity index (χ1v) is 10.4. The van der Waals surface area contributed by atoms with Gasteiger partial charge in [-0.2, -0.15) is 18.9 Å². The molecule has 0 amide bonds. The summed E-state index contributed by atoms with van der Waals surface area (Å²) in [6.45, 7) is 4.83. The third-order valence-corrected chi connectivity index (χ3v) is 6.76. The zero-order chi connectivity index (χ0) is 19.0. The Kier molecular flexibility index (Phi) is 4.56. The third-order valence-electron chi connectivity index (χ3n) is 4.84. The number of aromatic nitrogens is 4. The van der Waals surface area contributed by atoms with Crippen molar-refractivity contribution in [2.24, 2.45) is 0 Å². The van der Waals surface area contributed by atoms with Crippen molar-refractivity contribution in [1.29, 1.82) is 0 Å². The first kappa shape index (κ1) is 17.9. The molecule has 1 aromatic carbocycles. The topological polar surface area (TPSA) is 92.5 Å². The van der Waals surface area contributed by atoms with Crippen LogP contribution in [0.2, 0.25) is 0 Å². The molecular weight excluding hydrogens is 364 g/mol. The standard InChI is InChI=1S/C18H22N6O2S/c1-13-3-5-16(6-4-13)27(25,26)23-9-7-15(8-10-23)22-17-11-14(2)21-18-19-12-20-24(17)18/h3-6,11-12,15,22H,7-10H2,1-2H3. The van der Waals surface area contributed by atoms with Crippen LogP contribution in [-0.2, 0) is 10.0 Å². The second-order valence-electron chi connectivity index (χ2n) is 6.89. The average molecular weight is 386 g/mol. The highest BCUT2D eigenvalue weighted by Crippen LogP contribution is 2.23. The lowest BCUT2D eigenvalue weighted by Gasteiger charge is -2.32. The molecule has 9 heteroatoms. The van der Waals surface area contributed by atoms with E-state index < -0.39 is 10.0 Å². The Morgan fingerprint density at radius 2 is 1.81 bits per heavy atom. The van der Waals surface area contributed by atoms with Crippen LogP contribution in [0.3, 0.4) is 0 Å². The van der Waals surface area contributed by atoms with Gasteiger partial charge in [-0.1, -0.05) is 17.7 Å². The smallest absolute Gasteiger partial charge is 0.254 e. The lowest BCUT2D eigenvalue weighted by molar-refractivity contribution is 0.329. The molecule has 1 saturated heterocycles. The molecule has 0 saturated carbocycles. The van der Waals surface area contributed by atoms with Crippen LogP contribution in [0.4, 0.5) is 5.82 Å². The van der Waals surface area contributed by atoms with Gasteiger partial charge < -0.3 is 5.32 Å². The summed E-state index contributed by atoms with van der Waals surface area (Å²) in [5.41, 5.74) is 1.90. The summed E-state index contributed by atoms with van der Waals surface area (Å²) in [4.78, 5) is 8.82. The number of hydrogen-bond donors (Lipinski definition) is 1. The number of nitrogens with one attached hydrogen (secondary N) is 1. The van der Waals surface area contributed by atoms with Crippen molar-refractivity contribution in [3.05, 3.63) is 47.9 Å². The van der Waals surface area contributed by atoms with Crippen molar-refractivity contribution in [3.8, 4) is 0 Å². The molecular formula is C18H22N6O2S. The normalized spacial score (nSPS) is 16.7. The molecule has 1 N–H and O–H groups in total. The zero-order valence-corrected chi connectivity index (χ0v) is 16.1. The van der Waals surface area contributed by atoms with Gasteiger partial charge in [0.2, 0.25) is 10.0 Å². The van der Waals surface area contributed by atoms with Gasteiger partial charge in [0.15, 0.2) is 0 Å². The van der Waals surface area contributed by atoms with Crippen molar-refractivity contribution in [3.63, 3.8) is 0 Å². The van der Waals surface area contributed by atoms with Crippen molar-refractivity contribution in [2.75, 3.05) is 18.4 Å². The van der Waals surface area contributed by atoms with E-state index >= 15 is 0 Å². The van der Waals surface area contributed by atoms with Gasteiger partial charge in [0.25, 0.3) is 5.78 Å². The molecule has 0 radical (unpaired) electrons. The number of benzene rings is 1. The van der Waals surface area contributed by atoms with Crippen LogP contribution in [0.25, 0.3) is 5.78 Å². The van der Waals surface area contributed by atoms with Crippen molar-refractivity contribution in [1.82, 2.24) is 23.9 Å². The number of fused-ring (bicyclic) bond motifs is 1. The molecule has 2 aromatic heterocycles. The monoisotopic (exact) mass is 386 g/mol. The van der Waals surface area contributed by atoms with Gasteiger partial charge in [-0.15, -0.1) is 0 Å². The number of anilines is 1.